The van der Waals surface area contributed by atoms with E-state index >= 15 is 0 Å². The number of nitrogens with zero attached hydrogens (tertiary/aromatic N) is 2. The van der Waals surface area contributed by atoms with Crippen LogP contribution in [-0.4, -0.2) is 42.1 Å². The summed E-state index contributed by atoms with van der Waals surface area (Å²) in [5, 5.41) is 13.5. The number of esters is 1. The van der Waals surface area contributed by atoms with Gasteiger partial charge in [-0.3, -0.25) is 0 Å². The number of hydrogen-bond donors (Lipinski definition) is 2. The van der Waals surface area contributed by atoms with E-state index in [0.29, 0.717) is 34.6 Å². The molecule has 8 heteroatoms. The highest BCUT2D eigenvalue weighted by molar-refractivity contribution is 9.10. The van der Waals surface area contributed by atoms with Gasteiger partial charge in [-0.25, -0.2) is 14.2 Å². The molecule has 31 heavy (non-hydrogen) atoms. The number of benzene rings is 2. The lowest BCUT2D eigenvalue weighted by molar-refractivity contribution is 0.0601. The number of aliphatic imine (C=N–C) groups is 1. The maximum atomic E-state index is 14.2. The molecule has 166 valence electrons. The monoisotopic (exact) mass is 491 g/mol. The average Bonchev–Trinajstić information content (AvgIpc) is 2.73. The van der Waals surface area contributed by atoms with E-state index in [9.17, 15) is 14.3 Å². The van der Waals surface area contributed by atoms with E-state index < -0.39 is 5.97 Å². The molecular weight excluding hydrogens is 465 g/mol. The number of rotatable bonds is 4. The second kappa shape index (κ2) is 10.1. The van der Waals surface area contributed by atoms with Gasteiger partial charge >= 0.3 is 5.97 Å². The van der Waals surface area contributed by atoms with Crippen molar-refractivity contribution in [2.75, 3.05) is 25.5 Å². The molecule has 0 bridgehead atoms. The molecular formula is C23H27BrFN3O3. The first-order valence-corrected chi connectivity index (χ1v) is 11.0. The fourth-order valence-electron chi connectivity index (χ4n) is 3.88. The Bertz CT molecular complexity index is 973. The van der Waals surface area contributed by atoms with Crippen LogP contribution in [0.25, 0.3) is 0 Å². The normalized spacial score (nSPS) is 19.3. The molecule has 1 saturated heterocycles. The lowest BCUT2D eigenvalue weighted by atomic mass is 9.92. The highest BCUT2D eigenvalue weighted by Crippen LogP contribution is 2.27. The van der Waals surface area contributed by atoms with Gasteiger partial charge in [0.25, 0.3) is 0 Å². The zero-order valence-corrected chi connectivity index (χ0v) is 19.4. The summed E-state index contributed by atoms with van der Waals surface area (Å²) in [4.78, 5) is 18.7. The Morgan fingerprint density at radius 2 is 1.97 bits per heavy atom. The number of likely N-dealkylation sites (tertiary alicyclic amines) is 1. The Morgan fingerprint density at radius 3 is 2.65 bits per heavy atom. The van der Waals surface area contributed by atoms with Crippen molar-refractivity contribution in [2.45, 2.75) is 26.8 Å². The van der Waals surface area contributed by atoms with Gasteiger partial charge in [0.2, 0.25) is 0 Å². The van der Waals surface area contributed by atoms with Gasteiger partial charge in [0.1, 0.15) is 11.6 Å². The number of piperidine rings is 1. The van der Waals surface area contributed by atoms with Gasteiger partial charge in [-0.05, 0) is 54.7 Å². The zero-order chi connectivity index (χ0) is 22.5. The summed E-state index contributed by atoms with van der Waals surface area (Å²) in [7, 11) is 1.30. The molecule has 2 aromatic carbocycles. The number of nitrogens with one attached hydrogen (secondary N) is 1. The summed E-state index contributed by atoms with van der Waals surface area (Å²) in [6.45, 7) is 6.07. The Kier molecular flexibility index (Phi) is 7.54. The SMILES string of the molecule is COC(=O)c1ccc(O)c(NC(=NCc2cc(Br)ccc2F)N2CC(C)CC(C)C2)c1. The van der Waals surface area contributed by atoms with Crippen molar-refractivity contribution in [3.63, 3.8) is 0 Å². The number of phenols is 1. The van der Waals surface area contributed by atoms with Crippen LogP contribution < -0.4 is 5.32 Å². The Labute approximate surface area is 190 Å². The summed E-state index contributed by atoms with van der Waals surface area (Å²) < 4.78 is 19.8. The van der Waals surface area contributed by atoms with E-state index in [2.05, 4.69) is 45.0 Å². The first kappa shape index (κ1) is 23.1. The fourth-order valence-corrected chi connectivity index (χ4v) is 4.29. The van der Waals surface area contributed by atoms with Crippen LogP contribution >= 0.6 is 15.9 Å². The smallest absolute Gasteiger partial charge is 0.337 e. The summed E-state index contributed by atoms with van der Waals surface area (Å²) in [6, 6.07) is 9.19. The fraction of sp³-hybridized carbons (Fsp3) is 0.391. The topological polar surface area (TPSA) is 74.2 Å². The number of anilines is 1. The molecule has 0 radical (unpaired) electrons. The molecule has 1 fully saturated rings. The number of guanidine groups is 1. The molecule has 0 aromatic heterocycles. The maximum Gasteiger partial charge on any atom is 0.337 e. The third kappa shape index (κ3) is 5.97. The Morgan fingerprint density at radius 1 is 1.26 bits per heavy atom. The standard InChI is InChI=1S/C23H27BrFN3O3/c1-14-8-15(2)13-28(12-14)23(26-11-17-9-18(24)5-6-19(17)25)27-20-10-16(22(30)31-3)4-7-21(20)29/h4-7,9-10,14-15,29H,8,11-13H2,1-3H3,(H,26,27). The minimum Gasteiger partial charge on any atom is -0.506 e. The minimum atomic E-state index is -0.502. The Hall–Kier alpha value is -2.61. The van der Waals surface area contributed by atoms with E-state index in [-0.39, 0.29) is 18.1 Å². The molecule has 2 atom stereocenters. The molecule has 1 aliphatic heterocycles. The molecule has 3 rings (SSSR count). The predicted octanol–water partition coefficient (Wildman–Crippen LogP) is 5.03. The van der Waals surface area contributed by atoms with Crippen LogP contribution in [0.5, 0.6) is 5.75 Å². The van der Waals surface area contributed by atoms with Gasteiger partial charge in [-0.1, -0.05) is 29.8 Å². The van der Waals surface area contributed by atoms with Gasteiger partial charge in [-0.15, -0.1) is 0 Å². The number of carbonyl (C=O) groups is 1. The average molecular weight is 492 g/mol. The summed E-state index contributed by atoms with van der Waals surface area (Å²) in [5.74, 6) is 0.601. The number of phenolic OH excluding ortho intramolecular Hbond substituents is 1. The Balaban J connectivity index is 1.94. The number of halogens is 2. The van der Waals surface area contributed by atoms with Crippen molar-refractivity contribution in [1.29, 1.82) is 0 Å². The third-order valence-electron chi connectivity index (χ3n) is 5.24. The number of carbonyl (C=O) groups excluding carboxylic acids is 1. The number of methoxy groups -OCH3 is 1. The van der Waals surface area contributed by atoms with Gasteiger partial charge in [-0.2, -0.15) is 0 Å². The first-order chi connectivity index (χ1) is 14.8. The van der Waals surface area contributed by atoms with E-state index in [1.54, 1.807) is 12.1 Å². The number of hydrogen-bond acceptors (Lipinski definition) is 4. The second-order valence-electron chi connectivity index (χ2n) is 8.08. The number of aromatic hydroxyl groups is 1. The summed E-state index contributed by atoms with van der Waals surface area (Å²) >= 11 is 3.37. The van der Waals surface area contributed by atoms with Gasteiger partial charge < -0.3 is 20.1 Å². The van der Waals surface area contributed by atoms with E-state index in [1.807, 2.05) is 0 Å². The van der Waals surface area contributed by atoms with Gasteiger partial charge in [0.15, 0.2) is 5.96 Å². The third-order valence-corrected chi connectivity index (χ3v) is 5.73. The first-order valence-electron chi connectivity index (χ1n) is 10.2. The molecule has 0 amide bonds. The predicted molar refractivity (Wildman–Crippen MR) is 123 cm³/mol. The van der Waals surface area contributed by atoms with Crippen molar-refractivity contribution in [1.82, 2.24) is 4.90 Å². The summed E-state index contributed by atoms with van der Waals surface area (Å²) in [6.07, 6.45) is 1.12. The molecule has 1 heterocycles. The summed E-state index contributed by atoms with van der Waals surface area (Å²) in [5.41, 5.74) is 1.10. The van der Waals surface area contributed by atoms with E-state index in [0.717, 1.165) is 24.0 Å². The van der Waals surface area contributed by atoms with Crippen molar-refractivity contribution < 1.29 is 19.0 Å². The van der Waals surface area contributed by atoms with Crippen LogP contribution in [0.2, 0.25) is 0 Å². The number of ether oxygens (including phenoxy) is 1. The van der Waals surface area contributed by atoms with Crippen LogP contribution in [0.3, 0.4) is 0 Å². The van der Waals surface area contributed by atoms with Gasteiger partial charge in [0.05, 0.1) is 24.9 Å². The van der Waals surface area contributed by atoms with Crippen molar-refractivity contribution in [2.24, 2.45) is 16.8 Å². The molecule has 1 aliphatic rings. The lowest BCUT2D eigenvalue weighted by Crippen LogP contribution is -2.45. The van der Waals surface area contributed by atoms with Crippen molar-refractivity contribution in [3.05, 3.63) is 57.8 Å². The maximum absolute atomic E-state index is 14.2. The van der Waals surface area contributed by atoms with Gasteiger partial charge in [0, 0.05) is 23.1 Å². The molecule has 0 saturated carbocycles. The largest absolute Gasteiger partial charge is 0.506 e. The van der Waals surface area contributed by atoms with Crippen molar-refractivity contribution in [3.8, 4) is 5.75 Å². The lowest BCUT2D eigenvalue weighted by Gasteiger charge is -2.37. The van der Waals surface area contributed by atoms with Crippen LogP contribution in [0.15, 0.2) is 45.9 Å². The van der Waals surface area contributed by atoms with Crippen LogP contribution in [0.4, 0.5) is 10.1 Å². The second-order valence-corrected chi connectivity index (χ2v) is 8.99. The highest BCUT2D eigenvalue weighted by Gasteiger charge is 2.25. The van der Waals surface area contributed by atoms with Crippen LogP contribution in [-0.2, 0) is 11.3 Å². The molecule has 2 aromatic rings. The molecule has 2 N–H and O–H groups in total. The van der Waals surface area contributed by atoms with E-state index in [4.69, 9.17) is 4.74 Å². The quantitative estimate of drug-likeness (QED) is 0.271. The molecule has 6 nitrogen and oxygen atoms in total. The minimum absolute atomic E-state index is 0.0212. The highest BCUT2D eigenvalue weighted by atomic mass is 79.9. The molecule has 0 spiro atoms. The van der Waals surface area contributed by atoms with Crippen LogP contribution in [0, 0.1) is 17.7 Å². The molecule has 2 unspecified atom stereocenters. The van der Waals surface area contributed by atoms with Crippen molar-refractivity contribution >= 4 is 33.5 Å². The van der Waals surface area contributed by atoms with E-state index in [1.165, 1.54) is 31.4 Å². The molecule has 0 aliphatic carbocycles. The van der Waals surface area contributed by atoms with Crippen LogP contribution in [0.1, 0.15) is 36.2 Å². The zero-order valence-electron chi connectivity index (χ0n) is 17.9.